The summed E-state index contributed by atoms with van der Waals surface area (Å²) in [5, 5.41) is 10.8. The molecule has 11 heteroatoms. The van der Waals surface area contributed by atoms with Crippen LogP contribution >= 0.6 is 31.9 Å². The fourth-order valence-electron chi connectivity index (χ4n) is 4.76. The summed E-state index contributed by atoms with van der Waals surface area (Å²) >= 11 is 7.18. The molecule has 30 heavy (non-hydrogen) atoms. The minimum atomic E-state index is -0.881. The van der Waals surface area contributed by atoms with Crippen molar-refractivity contribution < 1.29 is 28.8 Å². The van der Waals surface area contributed by atoms with Crippen LogP contribution in [0, 0.1) is 33.8 Å². The van der Waals surface area contributed by atoms with E-state index in [9.17, 15) is 29.3 Å². The zero-order chi connectivity index (χ0) is 21.7. The highest BCUT2D eigenvalue weighted by atomic mass is 79.9. The Morgan fingerprint density at radius 2 is 1.73 bits per heavy atom. The topological polar surface area (TPSA) is 124 Å². The first-order chi connectivity index (χ1) is 14.2. The zero-order valence-electron chi connectivity index (χ0n) is 15.4. The van der Waals surface area contributed by atoms with Crippen molar-refractivity contribution in [2.45, 2.75) is 16.1 Å². The number of amides is 2. The second kappa shape index (κ2) is 7.84. The summed E-state index contributed by atoms with van der Waals surface area (Å²) in [6.45, 7) is -1.19. The third-order valence-corrected chi connectivity index (χ3v) is 9.32. The van der Waals surface area contributed by atoms with Crippen LogP contribution in [-0.2, 0) is 19.1 Å². The van der Waals surface area contributed by atoms with Crippen molar-refractivity contribution >= 4 is 61.1 Å². The number of carbonyl (C=O) groups is 4. The molecule has 2 saturated carbocycles. The zero-order valence-corrected chi connectivity index (χ0v) is 18.6. The monoisotopic (exact) mass is 542 g/mol. The van der Waals surface area contributed by atoms with E-state index < -0.39 is 41.7 Å². The van der Waals surface area contributed by atoms with Gasteiger partial charge in [0.2, 0.25) is 17.6 Å². The third-order valence-electron chi connectivity index (χ3n) is 6.11. The van der Waals surface area contributed by atoms with Crippen LogP contribution < -0.4 is 0 Å². The van der Waals surface area contributed by atoms with Crippen molar-refractivity contribution in [3.05, 3.63) is 39.9 Å². The number of rotatable bonds is 6. The first kappa shape index (κ1) is 21.1. The number of likely N-dealkylation sites (tertiary alicyclic amines) is 1. The maximum absolute atomic E-state index is 12.8. The molecule has 2 aliphatic carbocycles. The molecule has 2 bridgehead atoms. The normalized spacial score (nSPS) is 31.7. The molecule has 1 aromatic rings. The van der Waals surface area contributed by atoms with Gasteiger partial charge in [-0.25, -0.2) is 0 Å². The fraction of sp³-hybridized carbons (Fsp3) is 0.474. The quantitative estimate of drug-likeness (QED) is 0.134. The van der Waals surface area contributed by atoms with Gasteiger partial charge >= 0.3 is 5.97 Å². The largest absolute Gasteiger partial charge is 0.456 e. The number of alkyl halides is 2. The molecule has 1 aromatic carbocycles. The van der Waals surface area contributed by atoms with Gasteiger partial charge in [0.05, 0.1) is 16.8 Å². The van der Waals surface area contributed by atoms with Gasteiger partial charge in [-0.3, -0.25) is 34.2 Å². The number of hydrogen-bond donors (Lipinski definition) is 0. The highest BCUT2D eigenvalue weighted by molar-refractivity contribution is 9.12. The Kier molecular flexibility index (Phi) is 5.52. The Balaban J connectivity index is 1.36. The Bertz CT molecular complexity index is 936. The molecule has 1 saturated heterocycles. The Hall–Kier alpha value is -2.14. The lowest BCUT2D eigenvalue weighted by atomic mass is 9.81. The van der Waals surface area contributed by atoms with Gasteiger partial charge in [0.25, 0.3) is 5.69 Å². The third kappa shape index (κ3) is 3.37. The smallest absolute Gasteiger partial charge is 0.326 e. The number of nitro benzene ring substituents is 1. The van der Waals surface area contributed by atoms with Crippen molar-refractivity contribution in [1.82, 2.24) is 4.90 Å². The molecular formula is C19H16Br2N2O7. The highest BCUT2D eigenvalue weighted by Gasteiger charge is 2.66. The number of Topliss-reactive ketones (excluding diaryl/α,β-unsaturated/α-hetero) is 1. The molecular weight excluding hydrogens is 528 g/mol. The van der Waals surface area contributed by atoms with E-state index in [2.05, 4.69) is 31.9 Å². The lowest BCUT2D eigenvalue weighted by molar-refractivity contribution is -0.384. The standard InChI is InChI=1S/C19H16Br2N2O7/c20-16-10-5-11(17(16)21)15-14(10)18(26)22(19(15)27)6-13(25)30-7-12(24)8-2-1-3-9(4-8)23(28)29/h1-4,10-11,14-17H,5-7H2/t10-,11-,14-,15-,16+,17+/m1/s1. The molecule has 1 aliphatic heterocycles. The summed E-state index contributed by atoms with van der Waals surface area (Å²) in [4.78, 5) is 61.2. The lowest BCUT2D eigenvalue weighted by Gasteiger charge is -2.28. The maximum atomic E-state index is 12.8. The van der Waals surface area contributed by atoms with Gasteiger partial charge in [-0.15, -0.1) is 0 Å². The number of ether oxygens (including phenoxy) is 1. The van der Waals surface area contributed by atoms with Gasteiger partial charge < -0.3 is 4.74 Å². The van der Waals surface area contributed by atoms with E-state index in [1.807, 2.05) is 0 Å². The van der Waals surface area contributed by atoms with E-state index in [0.29, 0.717) is 0 Å². The van der Waals surface area contributed by atoms with E-state index in [1.165, 1.54) is 18.2 Å². The number of nitrogens with zero attached hydrogens (tertiary/aromatic N) is 2. The van der Waals surface area contributed by atoms with Crippen molar-refractivity contribution in [2.24, 2.45) is 23.7 Å². The van der Waals surface area contributed by atoms with Gasteiger partial charge in [-0.2, -0.15) is 0 Å². The summed E-state index contributed by atoms with van der Waals surface area (Å²) in [5.74, 6) is -3.03. The number of fused-ring (bicyclic) bond motifs is 5. The number of carbonyl (C=O) groups excluding carboxylic acids is 4. The molecule has 1 heterocycles. The number of halogens is 2. The van der Waals surface area contributed by atoms with Crippen LogP contribution in [-0.4, -0.2) is 56.2 Å². The fourth-order valence-corrected chi connectivity index (χ4v) is 6.64. The van der Waals surface area contributed by atoms with Gasteiger partial charge in [-0.05, 0) is 18.3 Å². The molecule has 0 unspecified atom stereocenters. The molecule has 0 spiro atoms. The Labute approximate surface area is 187 Å². The van der Waals surface area contributed by atoms with Crippen molar-refractivity contribution in [2.75, 3.05) is 13.2 Å². The van der Waals surface area contributed by atoms with Crippen LogP contribution in [0.2, 0.25) is 0 Å². The predicted octanol–water partition coefficient (Wildman–Crippen LogP) is 2.10. The van der Waals surface area contributed by atoms with Gasteiger partial charge in [0.1, 0.15) is 6.54 Å². The summed E-state index contributed by atoms with van der Waals surface area (Å²) in [6, 6.07) is 5.07. The van der Waals surface area contributed by atoms with E-state index in [4.69, 9.17) is 4.74 Å². The first-order valence-electron chi connectivity index (χ1n) is 9.27. The molecule has 158 valence electrons. The van der Waals surface area contributed by atoms with Crippen LogP contribution in [0.4, 0.5) is 5.69 Å². The molecule has 4 rings (SSSR count). The van der Waals surface area contributed by atoms with Crippen LogP contribution in [0.3, 0.4) is 0 Å². The molecule has 0 N–H and O–H groups in total. The molecule has 3 aliphatic rings. The predicted molar refractivity (Wildman–Crippen MR) is 109 cm³/mol. The summed E-state index contributed by atoms with van der Waals surface area (Å²) in [6.07, 6.45) is 0.786. The molecule has 0 aromatic heterocycles. The molecule has 0 radical (unpaired) electrons. The van der Waals surface area contributed by atoms with Crippen molar-refractivity contribution in [3.63, 3.8) is 0 Å². The van der Waals surface area contributed by atoms with Crippen molar-refractivity contribution in [1.29, 1.82) is 0 Å². The lowest BCUT2D eigenvalue weighted by Crippen LogP contribution is -2.38. The number of nitro groups is 1. The first-order valence-corrected chi connectivity index (χ1v) is 11.1. The van der Waals surface area contributed by atoms with Gasteiger partial charge in [0.15, 0.2) is 6.61 Å². The number of hydrogen-bond acceptors (Lipinski definition) is 7. The van der Waals surface area contributed by atoms with Gasteiger partial charge in [-0.1, -0.05) is 44.0 Å². The van der Waals surface area contributed by atoms with Crippen LogP contribution in [0.5, 0.6) is 0 Å². The molecule has 9 nitrogen and oxygen atoms in total. The molecule has 6 atom stereocenters. The number of esters is 1. The minimum Gasteiger partial charge on any atom is -0.456 e. The van der Waals surface area contributed by atoms with E-state index in [1.54, 1.807) is 0 Å². The van der Waals surface area contributed by atoms with E-state index in [0.717, 1.165) is 17.4 Å². The minimum absolute atomic E-state index is 0.0307. The van der Waals surface area contributed by atoms with E-state index in [-0.39, 0.29) is 44.6 Å². The number of non-ortho nitro benzene ring substituents is 1. The van der Waals surface area contributed by atoms with Crippen LogP contribution in [0.15, 0.2) is 24.3 Å². The number of ketones is 1. The second-order valence-electron chi connectivity index (χ2n) is 7.66. The Morgan fingerprint density at radius 1 is 1.13 bits per heavy atom. The Morgan fingerprint density at radius 3 is 2.30 bits per heavy atom. The summed E-state index contributed by atoms with van der Waals surface area (Å²) < 4.78 is 4.93. The van der Waals surface area contributed by atoms with E-state index >= 15 is 0 Å². The van der Waals surface area contributed by atoms with Crippen molar-refractivity contribution in [3.8, 4) is 0 Å². The average molecular weight is 544 g/mol. The second-order valence-corrected chi connectivity index (χ2v) is 9.77. The maximum Gasteiger partial charge on any atom is 0.326 e. The number of benzene rings is 1. The summed E-state index contributed by atoms with van der Waals surface area (Å²) in [5.41, 5.74) is -0.222. The SMILES string of the molecule is O=C(CN1C(=O)[C@@H]2[C@H]3C[C@@H]([C@H](Br)[C@H]3Br)[C@H]2C1=O)OCC(=O)c1cccc([N+](=O)[O-])c1. The van der Waals surface area contributed by atoms with Crippen LogP contribution in [0.1, 0.15) is 16.8 Å². The highest BCUT2D eigenvalue weighted by Crippen LogP contribution is 2.60. The molecule has 2 amide bonds. The summed E-state index contributed by atoms with van der Waals surface area (Å²) in [7, 11) is 0. The van der Waals surface area contributed by atoms with Crippen LogP contribution in [0.25, 0.3) is 0 Å². The molecule has 3 fully saturated rings. The average Bonchev–Trinajstić information content (AvgIpc) is 3.33. The van der Waals surface area contributed by atoms with Gasteiger partial charge in [0, 0.05) is 27.4 Å². The number of imide groups is 1.